The first kappa shape index (κ1) is 11.6. The number of alkyl halides is 1. The van der Waals surface area contributed by atoms with Crippen molar-refractivity contribution < 1.29 is 4.74 Å². The van der Waals surface area contributed by atoms with Gasteiger partial charge in [0.1, 0.15) is 5.75 Å². The smallest absolute Gasteiger partial charge is 0.122 e. The molecule has 0 saturated heterocycles. The van der Waals surface area contributed by atoms with Crippen LogP contribution >= 0.6 is 15.9 Å². The molecule has 1 atom stereocenters. The van der Waals surface area contributed by atoms with Crippen LogP contribution in [0.5, 0.6) is 5.75 Å². The van der Waals surface area contributed by atoms with Gasteiger partial charge in [0.25, 0.3) is 0 Å². The summed E-state index contributed by atoms with van der Waals surface area (Å²) in [5.74, 6) is 1.56. The van der Waals surface area contributed by atoms with Crippen LogP contribution in [-0.4, -0.2) is 11.9 Å². The van der Waals surface area contributed by atoms with Crippen LogP contribution < -0.4 is 4.74 Å². The lowest BCUT2D eigenvalue weighted by Gasteiger charge is -2.13. The van der Waals surface area contributed by atoms with Gasteiger partial charge in [-0.1, -0.05) is 35.0 Å². The minimum absolute atomic E-state index is 0.551. The quantitative estimate of drug-likeness (QED) is 0.747. The lowest BCUT2D eigenvalue weighted by atomic mass is 10.1. The van der Waals surface area contributed by atoms with Crippen molar-refractivity contribution in [3.05, 3.63) is 29.3 Å². The Morgan fingerprint density at radius 2 is 2.07 bits per heavy atom. The Morgan fingerprint density at radius 3 is 2.71 bits per heavy atom. The molecule has 0 aliphatic rings. The number of benzene rings is 1. The minimum Gasteiger partial charge on any atom is -0.493 e. The molecule has 1 nitrogen and oxygen atoms in total. The standard InChI is InChI=1S/C12H17BrO/c1-9(7-13)8-14-12-6-4-5-10(2)11(12)3/h4-6,9H,7-8H2,1-3H3. The highest BCUT2D eigenvalue weighted by Crippen LogP contribution is 2.21. The Morgan fingerprint density at radius 1 is 1.36 bits per heavy atom. The van der Waals surface area contributed by atoms with E-state index in [1.54, 1.807) is 0 Å². The zero-order valence-electron chi connectivity index (χ0n) is 9.01. The van der Waals surface area contributed by atoms with Crippen molar-refractivity contribution in [1.29, 1.82) is 0 Å². The molecule has 0 spiro atoms. The van der Waals surface area contributed by atoms with E-state index in [0.29, 0.717) is 5.92 Å². The summed E-state index contributed by atoms with van der Waals surface area (Å²) in [7, 11) is 0. The maximum absolute atomic E-state index is 5.74. The van der Waals surface area contributed by atoms with Crippen LogP contribution in [0.15, 0.2) is 18.2 Å². The highest BCUT2D eigenvalue weighted by molar-refractivity contribution is 9.09. The number of hydrogen-bond donors (Lipinski definition) is 0. The van der Waals surface area contributed by atoms with Gasteiger partial charge in [-0.3, -0.25) is 0 Å². The number of ether oxygens (including phenoxy) is 1. The number of aryl methyl sites for hydroxylation is 1. The summed E-state index contributed by atoms with van der Waals surface area (Å²) in [5.41, 5.74) is 2.53. The number of halogens is 1. The molecule has 0 aliphatic carbocycles. The third-order valence-electron chi connectivity index (χ3n) is 2.34. The molecule has 1 aromatic carbocycles. The maximum atomic E-state index is 5.74. The van der Waals surface area contributed by atoms with Crippen LogP contribution in [0, 0.1) is 19.8 Å². The van der Waals surface area contributed by atoms with Crippen molar-refractivity contribution in [2.45, 2.75) is 20.8 Å². The van der Waals surface area contributed by atoms with Crippen LogP contribution in [0.3, 0.4) is 0 Å². The summed E-state index contributed by atoms with van der Waals surface area (Å²) in [6.07, 6.45) is 0. The molecular formula is C12H17BrO. The molecular weight excluding hydrogens is 240 g/mol. The van der Waals surface area contributed by atoms with E-state index in [2.05, 4.69) is 42.8 Å². The summed E-state index contributed by atoms with van der Waals surface area (Å²) in [6, 6.07) is 6.18. The molecule has 0 N–H and O–H groups in total. The van der Waals surface area contributed by atoms with E-state index >= 15 is 0 Å². The second-order valence-corrected chi connectivity index (χ2v) is 4.42. The molecule has 0 bridgehead atoms. The van der Waals surface area contributed by atoms with Gasteiger partial charge in [0.2, 0.25) is 0 Å². The fraction of sp³-hybridized carbons (Fsp3) is 0.500. The molecule has 1 aromatic rings. The average Bonchev–Trinajstić information content (AvgIpc) is 2.20. The van der Waals surface area contributed by atoms with E-state index in [4.69, 9.17) is 4.74 Å². The van der Waals surface area contributed by atoms with Gasteiger partial charge in [0, 0.05) is 5.33 Å². The van der Waals surface area contributed by atoms with Crippen molar-refractivity contribution in [3.8, 4) is 5.75 Å². The summed E-state index contributed by atoms with van der Waals surface area (Å²) >= 11 is 3.44. The van der Waals surface area contributed by atoms with Crippen LogP contribution in [-0.2, 0) is 0 Å². The summed E-state index contributed by atoms with van der Waals surface area (Å²) in [5, 5.41) is 0.984. The van der Waals surface area contributed by atoms with Crippen molar-refractivity contribution in [2.24, 2.45) is 5.92 Å². The maximum Gasteiger partial charge on any atom is 0.122 e. The average molecular weight is 257 g/mol. The third-order valence-corrected chi connectivity index (χ3v) is 3.45. The van der Waals surface area contributed by atoms with Crippen LogP contribution in [0.1, 0.15) is 18.1 Å². The Labute approximate surface area is 94.6 Å². The Hall–Kier alpha value is -0.500. The fourth-order valence-electron chi connectivity index (χ4n) is 1.16. The van der Waals surface area contributed by atoms with Gasteiger partial charge in [-0.2, -0.15) is 0 Å². The Kier molecular flexibility index (Phi) is 4.46. The first-order valence-corrected chi connectivity index (χ1v) is 6.02. The second-order valence-electron chi connectivity index (χ2n) is 3.77. The molecule has 14 heavy (non-hydrogen) atoms. The van der Waals surface area contributed by atoms with Gasteiger partial charge < -0.3 is 4.74 Å². The summed E-state index contributed by atoms with van der Waals surface area (Å²) < 4.78 is 5.74. The molecule has 1 rings (SSSR count). The normalized spacial score (nSPS) is 12.6. The van der Waals surface area contributed by atoms with Crippen molar-refractivity contribution in [3.63, 3.8) is 0 Å². The first-order chi connectivity index (χ1) is 6.65. The lowest BCUT2D eigenvalue weighted by molar-refractivity contribution is 0.272. The molecule has 0 aromatic heterocycles. The Bertz CT molecular complexity index is 296. The second kappa shape index (κ2) is 5.40. The van der Waals surface area contributed by atoms with Gasteiger partial charge in [-0.25, -0.2) is 0 Å². The van der Waals surface area contributed by atoms with Crippen LogP contribution in [0.4, 0.5) is 0 Å². The molecule has 0 saturated carbocycles. The molecule has 0 fully saturated rings. The topological polar surface area (TPSA) is 9.23 Å². The molecule has 2 heteroatoms. The number of hydrogen-bond acceptors (Lipinski definition) is 1. The predicted molar refractivity (Wildman–Crippen MR) is 64.4 cm³/mol. The molecule has 0 radical (unpaired) electrons. The molecule has 78 valence electrons. The third kappa shape index (κ3) is 3.02. The largest absolute Gasteiger partial charge is 0.493 e. The summed E-state index contributed by atoms with van der Waals surface area (Å²) in [4.78, 5) is 0. The molecule has 0 amide bonds. The van der Waals surface area contributed by atoms with Crippen molar-refractivity contribution in [2.75, 3.05) is 11.9 Å². The molecule has 1 unspecified atom stereocenters. The highest BCUT2D eigenvalue weighted by atomic mass is 79.9. The first-order valence-electron chi connectivity index (χ1n) is 4.90. The van der Waals surface area contributed by atoms with Gasteiger partial charge >= 0.3 is 0 Å². The monoisotopic (exact) mass is 256 g/mol. The van der Waals surface area contributed by atoms with E-state index < -0.39 is 0 Å². The van der Waals surface area contributed by atoms with E-state index in [0.717, 1.165) is 17.7 Å². The Balaban J connectivity index is 2.63. The van der Waals surface area contributed by atoms with Gasteiger partial charge in [-0.15, -0.1) is 0 Å². The van der Waals surface area contributed by atoms with E-state index in [1.165, 1.54) is 11.1 Å². The van der Waals surface area contributed by atoms with E-state index in [9.17, 15) is 0 Å². The van der Waals surface area contributed by atoms with Gasteiger partial charge in [0.05, 0.1) is 6.61 Å². The van der Waals surface area contributed by atoms with Gasteiger partial charge in [0.15, 0.2) is 0 Å². The highest BCUT2D eigenvalue weighted by Gasteiger charge is 2.04. The van der Waals surface area contributed by atoms with E-state index in [-0.39, 0.29) is 0 Å². The SMILES string of the molecule is Cc1cccc(OCC(C)CBr)c1C. The zero-order chi connectivity index (χ0) is 10.6. The van der Waals surface area contributed by atoms with Crippen molar-refractivity contribution >= 4 is 15.9 Å². The summed E-state index contributed by atoms with van der Waals surface area (Å²) in [6.45, 7) is 7.15. The van der Waals surface area contributed by atoms with Crippen LogP contribution in [0.25, 0.3) is 0 Å². The zero-order valence-corrected chi connectivity index (χ0v) is 10.6. The minimum atomic E-state index is 0.551. The van der Waals surface area contributed by atoms with Crippen molar-refractivity contribution in [1.82, 2.24) is 0 Å². The molecule has 0 heterocycles. The predicted octanol–water partition coefficient (Wildman–Crippen LogP) is 3.71. The lowest BCUT2D eigenvalue weighted by Crippen LogP contribution is -2.10. The molecule has 0 aliphatic heterocycles. The van der Waals surface area contributed by atoms with Gasteiger partial charge in [-0.05, 0) is 37.0 Å². The number of rotatable bonds is 4. The van der Waals surface area contributed by atoms with E-state index in [1.807, 2.05) is 12.1 Å². The fourth-order valence-corrected chi connectivity index (χ4v) is 1.34. The van der Waals surface area contributed by atoms with Crippen LogP contribution in [0.2, 0.25) is 0 Å².